The average Bonchev–Trinajstić information content (AvgIpc) is 2.27. The second-order valence-corrected chi connectivity index (χ2v) is 4.77. The second-order valence-electron chi connectivity index (χ2n) is 4.77. The van der Waals surface area contributed by atoms with Gasteiger partial charge in [-0.15, -0.1) is 0 Å². The molecule has 1 aromatic carbocycles. The van der Waals surface area contributed by atoms with Crippen LogP contribution in [0.15, 0.2) is 30.3 Å². The predicted octanol–water partition coefficient (Wildman–Crippen LogP) is 3.40. The smallest absolute Gasteiger partial charge is 0.335 e. The van der Waals surface area contributed by atoms with Gasteiger partial charge in [0.25, 0.3) is 0 Å². The first kappa shape index (κ1) is 14.2. The Morgan fingerprint density at radius 2 is 1.67 bits per heavy atom. The number of carbonyl (C=O) groups excluding carboxylic acids is 1. The number of ketones is 1. The third-order valence-electron chi connectivity index (χ3n) is 2.57. The van der Waals surface area contributed by atoms with Crippen molar-refractivity contribution in [3.05, 3.63) is 41.5 Å². The minimum Gasteiger partial charge on any atom is -0.478 e. The van der Waals surface area contributed by atoms with Gasteiger partial charge in [-0.2, -0.15) is 0 Å². The zero-order chi connectivity index (χ0) is 13.7. The average molecular weight is 246 g/mol. The number of rotatable bonds is 5. The van der Waals surface area contributed by atoms with Gasteiger partial charge in [-0.05, 0) is 42.2 Å². The van der Waals surface area contributed by atoms with Crippen LogP contribution in [0.25, 0.3) is 5.57 Å². The maximum Gasteiger partial charge on any atom is 0.335 e. The zero-order valence-electron chi connectivity index (χ0n) is 10.9. The molecule has 18 heavy (non-hydrogen) atoms. The van der Waals surface area contributed by atoms with E-state index in [2.05, 4.69) is 0 Å². The van der Waals surface area contributed by atoms with Crippen LogP contribution in [0, 0.1) is 5.92 Å². The highest BCUT2D eigenvalue weighted by atomic mass is 16.4. The van der Waals surface area contributed by atoms with E-state index in [4.69, 9.17) is 5.11 Å². The van der Waals surface area contributed by atoms with Crippen molar-refractivity contribution in [2.45, 2.75) is 27.2 Å². The number of benzene rings is 1. The summed E-state index contributed by atoms with van der Waals surface area (Å²) in [4.78, 5) is 22.4. The Labute approximate surface area is 107 Å². The van der Waals surface area contributed by atoms with Crippen LogP contribution in [0.2, 0.25) is 0 Å². The molecule has 3 heteroatoms. The van der Waals surface area contributed by atoms with Gasteiger partial charge >= 0.3 is 5.97 Å². The second kappa shape index (κ2) is 6.15. The summed E-state index contributed by atoms with van der Waals surface area (Å²) < 4.78 is 0. The fourth-order valence-corrected chi connectivity index (χ4v) is 1.66. The van der Waals surface area contributed by atoms with Crippen LogP contribution in [0.5, 0.6) is 0 Å². The lowest BCUT2D eigenvalue weighted by Crippen LogP contribution is -2.00. The first-order valence-electron chi connectivity index (χ1n) is 5.95. The number of carboxylic acids is 1. The summed E-state index contributed by atoms with van der Waals surface area (Å²) in [5.74, 6) is -0.500. The van der Waals surface area contributed by atoms with E-state index in [1.807, 2.05) is 20.8 Å². The molecule has 0 saturated heterocycles. The van der Waals surface area contributed by atoms with Gasteiger partial charge in [0.15, 0.2) is 5.78 Å². The highest BCUT2D eigenvalue weighted by molar-refractivity contribution is 5.96. The molecule has 96 valence electrons. The van der Waals surface area contributed by atoms with Gasteiger partial charge in [0, 0.05) is 6.42 Å². The predicted molar refractivity (Wildman–Crippen MR) is 71.5 cm³/mol. The van der Waals surface area contributed by atoms with Gasteiger partial charge in [-0.25, -0.2) is 4.79 Å². The third-order valence-corrected chi connectivity index (χ3v) is 2.57. The van der Waals surface area contributed by atoms with Crippen LogP contribution in [-0.4, -0.2) is 16.9 Å². The molecule has 0 amide bonds. The van der Waals surface area contributed by atoms with Gasteiger partial charge in [0.2, 0.25) is 0 Å². The van der Waals surface area contributed by atoms with Crippen molar-refractivity contribution >= 4 is 17.3 Å². The molecule has 3 nitrogen and oxygen atoms in total. The van der Waals surface area contributed by atoms with Crippen LogP contribution < -0.4 is 0 Å². The summed E-state index contributed by atoms with van der Waals surface area (Å²) in [6.45, 7) is 5.86. The van der Waals surface area contributed by atoms with E-state index in [-0.39, 0.29) is 11.3 Å². The molecule has 0 saturated carbocycles. The monoisotopic (exact) mass is 246 g/mol. The Bertz CT molecular complexity index is 467. The molecular formula is C15H18O3. The lowest BCUT2D eigenvalue weighted by molar-refractivity contribution is -0.115. The van der Waals surface area contributed by atoms with Crippen LogP contribution in [0.3, 0.4) is 0 Å². The van der Waals surface area contributed by atoms with Crippen LogP contribution in [-0.2, 0) is 4.79 Å². The van der Waals surface area contributed by atoms with Crippen molar-refractivity contribution in [1.82, 2.24) is 0 Å². The number of hydrogen-bond acceptors (Lipinski definition) is 2. The molecule has 0 atom stereocenters. The summed E-state index contributed by atoms with van der Waals surface area (Å²) in [7, 11) is 0. The van der Waals surface area contributed by atoms with E-state index in [0.29, 0.717) is 12.3 Å². The van der Waals surface area contributed by atoms with Crippen LogP contribution in [0.1, 0.15) is 43.1 Å². The molecule has 0 radical (unpaired) electrons. The van der Waals surface area contributed by atoms with Gasteiger partial charge in [-0.3, -0.25) is 4.79 Å². The Morgan fingerprint density at radius 3 is 2.11 bits per heavy atom. The van der Waals surface area contributed by atoms with Crippen LogP contribution in [0.4, 0.5) is 0 Å². The largest absolute Gasteiger partial charge is 0.478 e. The minimum absolute atomic E-state index is 0.102. The standard InChI is InChI=1S/C15H18O3/c1-10(2)8-14(16)9-11(3)12-4-6-13(7-5-12)15(17)18/h4-7,9-10H,8H2,1-3H3,(H,17,18). The Morgan fingerprint density at radius 1 is 1.17 bits per heavy atom. The Balaban J connectivity index is 2.83. The molecule has 0 aliphatic carbocycles. The Hall–Kier alpha value is -1.90. The maximum absolute atomic E-state index is 11.6. The van der Waals surface area contributed by atoms with Gasteiger partial charge in [0.1, 0.15) is 0 Å². The topological polar surface area (TPSA) is 54.4 Å². The fourth-order valence-electron chi connectivity index (χ4n) is 1.66. The number of allylic oxidation sites excluding steroid dienone is 2. The van der Waals surface area contributed by atoms with Gasteiger partial charge < -0.3 is 5.11 Å². The molecule has 0 bridgehead atoms. The van der Waals surface area contributed by atoms with E-state index in [1.165, 1.54) is 0 Å². The van der Waals surface area contributed by atoms with Crippen molar-refractivity contribution in [2.75, 3.05) is 0 Å². The molecule has 1 aromatic rings. The number of hydrogen-bond donors (Lipinski definition) is 1. The third kappa shape index (κ3) is 4.17. The van der Waals surface area contributed by atoms with Gasteiger partial charge in [0.05, 0.1) is 5.56 Å². The summed E-state index contributed by atoms with van der Waals surface area (Å²) in [6, 6.07) is 6.53. The highest BCUT2D eigenvalue weighted by Crippen LogP contribution is 2.15. The van der Waals surface area contributed by atoms with E-state index >= 15 is 0 Å². The zero-order valence-corrected chi connectivity index (χ0v) is 10.9. The normalized spacial score (nSPS) is 11.7. The summed E-state index contributed by atoms with van der Waals surface area (Å²) in [6.07, 6.45) is 2.15. The molecule has 0 heterocycles. The van der Waals surface area contributed by atoms with Crippen molar-refractivity contribution in [3.63, 3.8) is 0 Å². The van der Waals surface area contributed by atoms with Crippen LogP contribution >= 0.6 is 0 Å². The number of aromatic carboxylic acids is 1. The number of carboxylic acid groups (broad SMARTS) is 1. The van der Waals surface area contributed by atoms with E-state index in [1.54, 1.807) is 30.3 Å². The van der Waals surface area contributed by atoms with Crippen molar-refractivity contribution in [1.29, 1.82) is 0 Å². The maximum atomic E-state index is 11.6. The molecule has 0 aliphatic heterocycles. The number of carbonyl (C=O) groups is 2. The summed E-state index contributed by atoms with van der Waals surface area (Å²) in [5.41, 5.74) is 1.98. The summed E-state index contributed by atoms with van der Waals surface area (Å²) in [5, 5.41) is 8.79. The SMILES string of the molecule is CC(=CC(=O)CC(C)C)c1ccc(C(=O)O)cc1. The molecule has 0 unspecified atom stereocenters. The Kier molecular flexibility index (Phi) is 4.84. The van der Waals surface area contributed by atoms with E-state index in [9.17, 15) is 9.59 Å². The van der Waals surface area contributed by atoms with Crippen molar-refractivity contribution in [2.24, 2.45) is 5.92 Å². The van der Waals surface area contributed by atoms with Gasteiger partial charge in [-0.1, -0.05) is 26.0 Å². The van der Waals surface area contributed by atoms with Crippen molar-refractivity contribution < 1.29 is 14.7 Å². The molecule has 0 aliphatic rings. The van der Waals surface area contributed by atoms with Crippen molar-refractivity contribution in [3.8, 4) is 0 Å². The lowest BCUT2D eigenvalue weighted by atomic mass is 10.0. The first-order chi connectivity index (χ1) is 8.40. The molecule has 0 spiro atoms. The lowest BCUT2D eigenvalue weighted by Gasteiger charge is -2.04. The molecule has 0 fully saturated rings. The minimum atomic E-state index is -0.945. The summed E-state index contributed by atoms with van der Waals surface area (Å²) >= 11 is 0. The van der Waals surface area contributed by atoms with E-state index in [0.717, 1.165) is 11.1 Å². The molecular weight excluding hydrogens is 228 g/mol. The fraction of sp³-hybridized carbons (Fsp3) is 0.333. The molecule has 1 rings (SSSR count). The molecule has 1 N–H and O–H groups in total. The first-order valence-corrected chi connectivity index (χ1v) is 5.95. The quantitative estimate of drug-likeness (QED) is 0.810. The molecule has 0 aromatic heterocycles. The highest BCUT2D eigenvalue weighted by Gasteiger charge is 2.05. The van der Waals surface area contributed by atoms with E-state index < -0.39 is 5.97 Å².